The fourth-order valence-electron chi connectivity index (χ4n) is 3.98. The monoisotopic (exact) mass is 397 g/mol. The molecule has 0 aliphatic heterocycles. The summed E-state index contributed by atoms with van der Waals surface area (Å²) < 4.78 is 2.00. The highest BCUT2D eigenvalue weighted by Crippen LogP contribution is 2.29. The van der Waals surface area contributed by atoms with Crippen LogP contribution in [0.1, 0.15) is 16.8 Å². The van der Waals surface area contributed by atoms with Crippen LogP contribution in [-0.4, -0.2) is 38.3 Å². The summed E-state index contributed by atoms with van der Waals surface area (Å²) in [5.41, 5.74) is 6.95. The molecule has 0 saturated carbocycles. The highest BCUT2D eigenvalue weighted by molar-refractivity contribution is 5.94. The van der Waals surface area contributed by atoms with Gasteiger partial charge >= 0.3 is 0 Å². The molecular weight excluding hydrogens is 374 g/mol. The van der Waals surface area contributed by atoms with Gasteiger partial charge in [-0.1, -0.05) is 24.3 Å². The molecule has 0 saturated heterocycles. The second kappa shape index (κ2) is 7.31. The largest absolute Gasteiger partial charge is 0.346 e. The molecule has 150 valence electrons. The summed E-state index contributed by atoms with van der Waals surface area (Å²) in [6.45, 7) is 0.920. The first-order chi connectivity index (χ1) is 14.6. The Balaban J connectivity index is 1.54. The van der Waals surface area contributed by atoms with E-state index in [4.69, 9.17) is 0 Å². The molecule has 0 fully saturated rings. The Hall–Kier alpha value is -3.64. The number of pyridine rings is 1. The molecule has 0 radical (unpaired) electrons. The summed E-state index contributed by atoms with van der Waals surface area (Å²) in [4.78, 5) is 25.1. The average molecular weight is 397 g/mol. The predicted octanol–water partition coefficient (Wildman–Crippen LogP) is 3.82. The maximum atomic E-state index is 12.5. The summed E-state index contributed by atoms with van der Waals surface area (Å²) in [7, 11) is 4.14. The van der Waals surface area contributed by atoms with Crippen molar-refractivity contribution in [2.45, 2.75) is 13.0 Å². The average Bonchev–Trinajstić information content (AvgIpc) is 3.36. The molecule has 0 unspecified atom stereocenters. The first-order valence-electron chi connectivity index (χ1n) is 9.96. The molecule has 4 aromatic heterocycles. The van der Waals surface area contributed by atoms with Crippen molar-refractivity contribution < 1.29 is 0 Å². The number of rotatable bonds is 5. The van der Waals surface area contributed by atoms with E-state index >= 15 is 0 Å². The number of H-pyrrole nitrogens is 2. The van der Waals surface area contributed by atoms with Crippen LogP contribution in [0.2, 0.25) is 0 Å². The predicted molar refractivity (Wildman–Crippen MR) is 120 cm³/mol. The van der Waals surface area contributed by atoms with E-state index in [1.807, 2.05) is 41.2 Å². The Bertz CT molecular complexity index is 1390. The summed E-state index contributed by atoms with van der Waals surface area (Å²) in [6, 6.07) is 14.6. The number of aromatic nitrogens is 4. The molecule has 5 aromatic rings. The lowest BCUT2D eigenvalue weighted by Gasteiger charge is -2.10. The molecular formula is C24H23N5O. The van der Waals surface area contributed by atoms with E-state index in [0.717, 1.165) is 40.8 Å². The minimum Gasteiger partial charge on any atom is -0.346 e. The summed E-state index contributed by atoms with van der Waals surface area (Å²) in [5.74, 6) is 0. The molecule has 4 heterocycles. The van der Waals surface area contributed by atoms with Crippen molar-refractivity contribution in [3.8, 4) is 11.1 Å². The van der Waals surface area contributed by atoms with Crippen LogP contribution in [0.25, 0.3) is 27.7 Å². The minimum atomic E-state index is -0.0932. The molecule has 0 amide bonds. The number of hydrogen-bond acceptors (Lipinski definition) is 3. The minimum absolute atomic E-state index is 0.0932. The smallest absolute Gasteiger partial charge is 0.272 e. The van der Waals surface area contributed by atoms with E-state index in [2.05, 4.69) is 58.2 Å². The molecule has 0 bridgehead atoms. The second-order valence-corrected chi connectivity index (χ2v) is 7.93. The third kappa shape index (κ3) is 3.31. The zero-order chi connectivity index (χ0) is 20.7. The van der Waals surface area contributed by atoms with E-state index in [0.29, 0.717) is 5.52 Å². The quantitative estimate of drug-likeness (QED) is 0.474. The van der Waals surface area contributed by atoms with Crippen LogP contribution < -0.4 is 5.56 Å². The van der Waals surface area contributed by atoms with Crippen molar-refractivity contribution in [1.82, 2.24) is 24.3 Å². The van der Waals surface area contributed by atoms with Gasteiger partial charge in [-0.3, -0.25) is 4.79 Å². The fourth-order valence-corrected chi connectivity index (χ4v) is 3.98. The topological polar surface area (TPSA) is 69.2 Å². The lowest BCUT2D eigenvalue weighted by molar-refractivity contribution is 0.402. The van der Waals surface area contributed by atoms with Crippen molar-refractivity contribution >= 4 is 16.6 Å². The fraction of sp³-hybridized carbons (Fsp3) is 0.167. The Kier molecular flexibility index (Phi) is 4.48. The Morgan fingerprint density at radius 2 is 1.83 bits per heavy atom. The van der Waals surface area contributed by atoms with Gasteiger partial charge in [0, 0.05) is 60.0 Å². The van der Waals surface area contributed by atoms with Gasteiger partial charge < -0.3 is 19.3 Å². The summed E-state index contributed by atoms with van der Waals surface area (Å²) in [6.07, 6.45) is 8.30. The van der Waals surface area contributed by atoms with Gasteiger partial charge in [0.15, 0.2) is 0 Å². The van der Waals surface area contributed by atoms with Gasteiger partial charge in [-0.05, 0) is 43.4 Å². The molecule has 2 N–H and O–H groups in total. The SMILES string of the molecule is CN(C)Cc1ccc(Cc2c[nH]c(=O)c3cc(-c4c[nH]c5ncccc45)cn23)cc1. The third-order valence-corrected chi connectivity index (χ3v) is 5.40. The van der Waals surface area contributed by atoms with Crippen LogP contribution in [0.4, 0.5) is 0 Å². The molecule has 1 aromatic carbocycles. The Morgan fingerprint density at radius 3 is 2.63 bits per heavy atom. The van der Waals surface area contributed by atoms with Crippen LogP contribution >= 0.6 is 0 Å². The molecule has 30 heavy (non-hydrogen) atoms. The summed E-state index contributed by atoms with van der Waals surface area (Å²) >= 11 is 0. The first-order valence-corrected chi connectivity index (χ1v) is 9.96. The van der Waals surface area contributed by atoms with Crippen LogP contribution in [0.5, 0.6) is 0 Å². The van der Waals surface area contributed by atoms with Crippen molar-refractivity contribution in [2.24, 2.45) is 0 Å². The van der Waals surface area contributed by atoms with Gasteiger partial charge in [-0.2, -0.15) is 0 Å². The van der Waals surface area contributed by atoms with E-state index < -0.39 is 0 Å². The summed E-state index contributed by atoms with van der Waals surface area (Å²) in [5, 5.41) is 1.04. The molecule has 0 spiro atoms. The third-order valence-electron chi connectivity index (χ3n) is 5.40. The first kappa shape index (κ1) is 18.4. The zero-order valence-electron chi connectivity index (χ0n) is 17.0. The van der Waals surface area contributed by atoms with Crippen LogP contribution in [0.15, 0.2) is 72.0 Å². The van der Waals surface area contributed by atoms with Crippen molar-refractivity contribution in [3.05, 3.63) is 94.4 Å². The highest BCUT2D eigenvalue weighted by Gasteiger charge is 2.13. The van der Waals surface area contributed by atoms with Crippen molar-refractivity contribution in [3.63, 3.8) is 0 Å². The zero-order valence-corrected chi connectivity index (χ0v) is 17.0. The van der Waals surface area contributed by atoms with E-state index in [1.54, 1.807) is 6.20 Å². The van der Waals surface area contributed by atoms with Gasteiger partial charge in [0.1, 0.15) is 11.2 Å². The number of nitrogens with zero attached hydrogens (tertiary/aromatic N) is 3. The van der Waals surface area contributed by atoms with Crippen molar-refractivity contribution in [1.29, 1.82) is 0 Å². The molecule has 0 aliphatic carbocycles. The van der Waals surface area contributed by atoms with Crippen LogP contribution in [-0.2, 0) is 13.0 Å². The van der Waals surface area contributed by atoms with Crippen LogP contribution in [0, 0.1) is 0 Å². The van der Waals surface area contributed by atoms with E-state index in [1.165, 1.54) is 11.1 Å². The van der Waals surface area contributed by atoms with Crippen LogP contribution in [0.3, 0.4) is 0 Å². The molecule has 6 nitrogen and oxygen atoms in total. The molecule has 0 atom stereocenters. The number of hydrogen-bond donors (Lipinski definition) is 2. The molecule has 6 heteroatoms. The van der Waals surface area contributed by atoms with Gasteiger partial charge in [0.25, 0.3) is 5.56 Å². The van der Waals surface area contributed by atoms with E-state index in [-0.39, 0.29) is 5.56 Å². The Morgan fingerprint density at radius 1 is 1.03 bits per heavy atom. The second-order valence-electron chi connectivity index (χ2n) is 7.93. The maximum absolute atomic E-state index is 12.5. The van der Waals surface area contributed by atoms with E-state index in [9.17, 15) is 4.79 Å². The maximum Gasteiger partial charge on any atom is 0.272 e. The lowest BCUT2D eigenvalue weighted by atomic mass is 10.1. The van der Waals surface area contributed by atoms with Crippen molar-refractivity contribution in [2.75, 3.05) is 14.1 Å². The highest BCUT2D eigenvalue weighted by atomic mass is 16.1. The number of fused-ring (bicyclic) bond motifs is 2. The lowest BCUT2D eigenvalue weighted by Crippen LogP contribution is -2.12. The van der Waals surface area contributed by atoms with Gasteiger partial charge in [0.2, 0.25) is 0 Å². The van der Waals surface area contributed by atoms with Gasteiger partial charge in [-0.15, -0.1) is 0 Å². The normalized spacial score (nSPS) is 11.7. The Labute approximate surface area is 173 Å². The standard InChI is InChI=1S/C24H23N5O/c1-28(2)14-17-7-5-16(6-8-17)10-19-12-27-24(30)22-11-18(15-29(19)22)21-13-26-23-20(21)4-3-9-25-23/h3-9,11-13,15H,10,14H2,1-2H3,(H,25,26)(H,27,30). The number of nitrogens with one attached hydrogen (secondary N) is 2. The van der Waals surface area contributed by atoms with Gasteiger partial charge in [0.05, 0.1) is 0 Å². The van der Waals surface area contributed by atoms with Gasteiger partial charge in [-0.25, -0.2) is 4.98 Å². The molecule has 0 aliphatic rings. The molecule has 5 rings (SSSR count). The number of aromatic amines is 2. The number of benzene rings is 1.